The van der Waals surface area contributed by atoms with E-state index in [9.17, 15) is 17.6 Å². The highest BCUT2D eigenvalue weighted by molar-refractivity contribution is 7.90. The van der Waals surface area contributed by atoms with Gasteiger partial charge in [-0.25, -0.2) is 22.8 Å². The number of nitrogens with one attached hydrogen (secondary N) is 1. The SMILES string of the molecule is CC#CC(=O)N1CCCC[C@H]1c1cc(N2CC(CS(C)(=O)=O)C2)c2cnc(Nc3ccnc(N4CC[C@@H](OC)[C@@H](F)C4)n3)cc2c1C(C)C. The van der Waals surface area contributed by atoms with Gasteiger partial charge in [0.1, 0.15) is 27.6 Å². The van der Waals surface area contributed by atoms with Crippen LogP contribution in [0.2, 0.25) is 0 Å². The number of carbonyl (C=O) groups excluding carboxylic acids is 1. The van der Waals surface area contributed by atoms with Crippen LogP contribution in [0, 0.1) is 17.8 Å². The summed E-state index contributed by atoms with van der Waals surface area (Å²) < 4.78 is 44.0. The third kappa shape index (κ3) is 7.60. The molecule has 2 aromatic heterocycles. The Bertz CT molecular complexity index is 1870. The van der Waals surface area contributed by atoms with E-state index >= 15 is 0 Å². The van der Waals surface area contributed by atoms with Crippen molar-refractivity contribution in [3.63, 3.8) is 0 Å². The number of aromatic nitrogens is 3. The van der Waals surface area contributed by atoms with E-state index in [-0.39, 0.29) is 36.1 Å². The van der Waals surface area contributed by atoms with Gasteiger partial charge in [-0.2, -0.15) is 4.98 Å². The monoisotopic (exact) mass is 691 g/mol. The van der Waals surface area contributed by atoms with Gasteiger partial charge in [0, 0.05) is 68.9 Å². The number of amides is 1. The Morgan fingerprint density at radius 1 is 1.08 bits per heavy atom. The Morgan fingerprint density at radius 2 is 1.88 bits per heavy atom. The molecular formula is C36H46FN7O4S. The van der Waals surface area contributed by atoms with Gasteiger partial charge in [-0.15, -0.1) is 0 Å². The van der Waals surface area contributed by atoms with E-state index in [1.54, 1.807) is 19.2 Å². The fourth-order valence-electron chi connectivity index (χ4n) is 7.60. The summed E-state index contributed by atoms with van der Waals surface area (Å²) in [6.45, 7) is 8.67. The Balaban J connectivity index is 1.39. The van der Waals surface area contributed by atoms with Gasteiger partial charge in [-0.05, 0) is 79.2 Å². The van der Waals surface area contributed by atoms with E-state index < -0.39 is 22.1 Å². The van der Waals surface area contributed by atoms with Crippen LogP contribution in [0.15, 0.2) is 30.6 Å². The van der Waals surface area contributed by atoms with Crippen molar-refractivity contribution >= 4 is 49.8 Å². The molecule has 0 radical (unpaired) electrons. The normalized spacial score (nSPS) is 21.8. The van der Waals surface area contributed by atoms with Crippen LogP contribution < -0.4 is 15.1 Å². The van der Waals surface area contributed by atoms with Gasteiger partial charge in [0.15, 0.2) is 0 Å². The summed E-state index contributed by atoms with van der Waals surface area (Å²) in [5.74, 6) is 7.30. The number of carbonyl (C=O) groups is 1. The summed E-state index contributed by atoms with van der Waals surface area (Å²) in [6.07, 6.45) is 6.57. The molecule has 3 aliphatic heterocycles. The second-order valence-electron chi connectivity index (χ2n) is 13.8. The number of likely N-dealkylation sites (tertiary alicyclic amines) is 1. The van der Waals surface area contributed by atoms with E-state index in [1.807, 2.05) is 22.1 Å². The van der Waals surface area contributed by atoms with Crippen LogP contribution in [0.3, 0.4) is 0 Å². The zero-order chi connectivity index (χ0) is 34.9. The number of nitrogens with zero attached hydrogens (tertiary/aromatic N) is 6. The first kappa shape index (κ1) is 34.8. The molecule has 3 atom stereocenters. The van der Waals surface area contributed by atoms with Gasteiger partial charge in [0.05, 0.1) is 24.4 Å². The minimum Gasteiger partial charge on any atom is -0.378 e. The molecule has 1 N–H and O–H groups in total. The second kappa shape index (κ2) is 14.5. The lowest BCUT2D eigenvalue weighted by atomic mass is 9.83. The smallest absolute Gasteiger partial charge is 0.298 e. The van der Waals surface area contributed by atoms with Crippen LogP contribution in [0.1, 0.15) is 69.5 Å². The van der Waals surface area contributed by atoms with Gasteiger partial charge in [0.25, 0.3) is 5.91 Å². The number of pyridine rings is 1. The maximum Gasteiger partial charge on any atom is 0.298 e. The number of piperidine rings is 2. The van der Waals surface area contributed by atoms with Crippen LogP contribution in [-0.4, -0.2) is 98.3 Å². The van der Waals surface area contributed by atoms with E-state index in [1.165, 1.54) is 13.4 Å². The quantitative estimate of drug-likeness (QED) is 0.307. The lowest BCUT2D eigenvalue weighted by Gasteiger charge is -2.43. The van der Waals surface area contributed by atoms with Crippen molar-refractivity contribution < 1.29 is 22.3 Å². The van der Waals surface area contributed by atoms with Crippen molar-refractivity contribution in [1.29, 1.82) is 0 Å². The molecule has 0 aliphatic carbocycles. The van der Waals surface area contributed by atoms with Gasteiger partial charge in [-0.3, -0.25) is 4.79 Å². The van der Waals surface area contributed by atoms with Gasteiger partial charge < -0.3 is 24.8 Å². The highest BCUT2D eigenvalue weighted by atomic mass is 32.2. The van der Waals surface area contributed by atoms with Gasteiger partial charge in [-0.1, -0.05) is 19.8 Å². The highest BCUT2D eigenvalue weighted by Crippen LogP contribution is 2.44. The first-order valence-corrected chi connectivity index (χ1v) is 19.2. The predicted octanol–water partition coefficient (Wildman–Crippen LogP) is 5.01. The van der Waals surface area contributed by atoms with Crippen molar-refractivity contribution in [3.8, 4) is 11.8 Å². The van der Waals surface area contributed by atoms with Crippen LogP contribution in [-0.2, 0) is 19.4 Å². The van der Waals surface area contributed by atoms with Gasteiger partial charge >= 0.3 is 0 Å². The number of hydrogen-bond acceptors (Lipinski definition) is 10. The largest absolute Gasteiger partial charge is 0.378 e. The number of halogens is 1. The van der Waals surface area contributed by atoms with E-state index in [0.717, 1.165) is 46.8 Å². The summed E-state index contributed by atoms with van der Waals surface area (Å²) in [5.41, 5.74) is 3.23. The number of alkyl halides is 1. The minimum absolute atomic E-state index is 0.0553. The van der Waals surface area contributed by atoms with Crippen LogP contribution in [0.5, 0.6) is 0 Å². The summed E-state index contributed by atoms with van der Waals surface area (Å²) in [6, 6.07) is 5.87. The molecule has 3 aromatic rings. The standard InChI is InChI=1S/C36H46FN7O4S/c1-6-9-34(45)44-14-8-7-10-29(44)26-16-30(43-19-24(20-43)22-49(5,46)47)27-18-39-33(17-25(27)35(26)23(2)3)40-32-11-13-38-36(41-32)42-15-12-31(48-4)28(37)21-42/h11,13,16-18,23-24,28-29,31H,7-8,10,12,14-15,19-22H2,1-5H3,(H,38,39,40,41)/t28-,29-,31+/m0/s1. The molecule has 6 rings (SSSR count). The molecule has 0 spiro atoms. The zero-order valence-electron chi connectivity index (χ0n) is 28.9. The number of fused-ring (bicyclic) bond motifs is 1. The number of ether oxygens (including phenoxy) is 1. The van der Waals surface area contributed by atoms with Crippen LogP contribution in [0.4, 0.5) is 27.7 Å². The molecule has 0 bridgehead atoms. The van der Waals surface area contributed by atoms with Crippen LogP contribution in [0.25, 0.3) is 10.8 Å². The number of anilines is 4. The molecule has 3 saturated heterocycles. The van der Waals surface area contributed by atoms with E-state index in [4.69, 9.17) is 14.7 Å². The maximum atomic E-state index is 14.7. The minimum atomic E-state index is -3.09. The summed E-state index contributed by atoms with van der Waals surface area (Å²) >= 11 is 0. The third-order valence-electron chi connectivity index (χ3n) is 9.81. The second-order valence-corrected chi connectivity index (χ2v) is 16.0. The topological polar surface area (TPSA) is 121 Å². The first-order valence-electron chi connectivity index (χ1n) is 17.1. The highest BCUT2D eigenvalue weighted by Gasteiger charge is 2.35. The molecule has 0 unspecified atom stereocenters. The number of methoxy groups -OCH3 is 1. The van der Waals surface area contributed by atoms with Crippen molar-refractivity contribution in [2.75, 3.05) is 67.0 Å². The Kier molecular flexibility index (Phi) is 10.3. The molecule has 0 saturated carbocycles. The molecule has 11 nitrogen and oxygen atoms in total. The summed E-state index contributed by atoms with van der Waals surface area (Å²) in [5, 5.41) is 5.34. The lowest BCUT2D eigenvalue weighted by Crippen LogP contribution is -2.49. The molecule has 13 heteroatoms. The molecule has 5 heterocycles. The van der Waals surface area contributed by atoms with Crippen molar-refractivity contribution in [2.45, 2.75) is 70.7 Å². The molecular weight excluding hydrogens is 646 g/mol. The molecule has 49 heavy (non-hydrogen) atoms. The lowest BCUT2D eigenvalue weighted by molar-refractivity contribution is -0.128. The molecule has 3 aliphatic rings. The number of sulfone groups is 1. The summed E-state index contributed by atoms with van der Waals surface area (Å²) in [4.78, 5) is 33.1. The fourth-order valence-corrected chi connectivity index (χ4v) is 8.67. The Hall–Kier alpha value is -4.02. The Morgan fingerprint density at radius 3 is 2.57 bits per heavy atom. The van der Waals surface area contributed by atoms with E-state index in [0.29, 0.717) is 50.2 Å². The van der Waals surface area contributed by atoms with Gasteiger partial charge in [0.2, 0.25) is 5.95 Å². The maximum absolute atomic E-state index is 14.7. The molecule has 1 aromatic carbocycles. The molecule has 1 amide bonds. The van der Waals surface area contributed by atoms with Crippen molar-refractivity contribution in [2.24, 2.45) is 5.92 Å². The average Bonchev–Trinajstić information content (AvgIpc) is 3.05. The van der Waals surface area contributed by atoms with Crippen molar-refractivity contribution in [3.05, 3.63) is 41.7 Å². The first-order chi connectivity index (χ1) is 23.5. The van der Waals surface area contributed by atoms with Crippen molar-refractivity contribution in [1.82, 2.24) is 19.9 Å². The number of hydrogen-bond donors (Lipinski definition) is 1. The molecule has 3 fully saturated rings. The summed E-state index contributed by atoms with van der Waals surface area (Å²) in [7, 11) is -1.56. The predicted molar refractivity (Wildman–Crippen MR) is 191 cm³/mol. The zero-order valence-corrected chi connectivity index (χ0v) is 29.8. The average molecular weight is 692 g/mol. The molecule has 262 valence electrons. The fraction of sp³-hybridized carbons (Fsp3) is 0.556. The Labute approximate surface area is 288 Å². The van der Waals surface area contributed by atoms with E-state index in [2.05, 4.69) is 47.0 Å². The van der Waals surface area contributed by atoms with Crippen LogP contribution >= 0.6 is 0 Å². The third-order valence-corrected chi connectivity index (χ3v) is 10.9. The number of rotatable bonds is 9. The number of benzene rings is 1.